The number of carbonyl (C=O) groups is 1. The zero-order valence-electron chi connectivity index (χ0n) is 17.3. The van der Waals surface area contributed by atoms with Crippen molar-refractivity contribution in [3.05, 3.63) is 40.5 Å². The van der Waals surface area contributed by atoms with Crippen molar-refractivity contribution in [3.8, 4) is 11.5 Å². The molecular weight excluding hydrogens is 406 g/mol. The number of methoxy groups -OCH3 is 2. The largest absolute Gasteiger partial charge is 0.493 e. The molecule has 0 aliphatic rings. The summed E-state index contributed by atoms with van der Waals surface area (Å²) < 4.78 is 10.6. The van der Waals surface area contributed by atoms with Crippen LogP contribution in [0.4, 0.5) is 0 Å². The highest BCUT2D eigenvalue weighted by Gasteiger charge is 2.15. The maximum absolute atomic E-state index is 12.6. The predicted octanol–water partition coefficient (Wildman–Crippen LogP) is 4.12. The van der Waals surface area contributed by atoms with Crippen LogP contribution in [-0.4, -0.2) is 54.3 Å². The molecule has 154 valence electrons. The van der Waals surface area contributed by atoms with E-state index in [0.29, 0.717) is 23.8 Å². The van der Waals surface area contributed by atoms with Crippen LogP contribution in [0.1, 0.15) is 16.0 Å². The summed E-state index contributed by atoms with van der Waals surface area (Å²) in [5.41, 5.74) is 2.29. The molecule has 0 radical (unpaired) electrons. The van der Waals surface area contributed by atoms with E-state index in [9.17, 15) is 4.79 Å². The van der Waals surface area contributed by atoms with E-state index in [4.69, 9.17) is 9.47 Å². The van der Waals surface area contributed by atoms with Crippen LogP contribution in [0.25, 0.3) is 10.2 Å². The fourth-order valence-corrected chi connectivity index (χ4v) is 5.02. The smallest absolute Gasteiger partial charge is 0.232 e. The molecule has 0 bridgehead atoms. The van der Waals surface area contributed by atoms with Crippen molar-refractivity contribution in [2.45, 2.75) is 25.3 Å². The summed E-state index contributed by atoms with van der Waals surface area (Å²) in [4.78, 5) is 25.3. The van der Waals surface area contributed by atoms with Gasteiger partial charge in [-0.2, -0.15) is 0 Å². The van der Waals surface area contributed by atoms with Gasteiger partial charge in [0.1, 0.15) is 16.2 Å². The maximum atomic E-state index is 12.6. The van der Waals surface area contributed by atoms with Crippen molar-refractivity contribution in [3.63, 3.8) is 0 Å². The Morgan fingerprint density at radius 1 is 1.17 bits per heavy atom. The van der Waals surface area contributed by atoms with E-state index in [0.717, 1.165) is 27.2 Å². The predicted molar refractivity (Wildman–Crippen MR) is 119 cm³/mol. The number of amides is 1. The van der Waals surface area contributed by atoms with Crippen molar-refractivity contribution >= 4 is 39.2 Å². The Balaban J connectivity index is 1.59. The second-order valence-corrected chi connectivity index (χ2v) is 8.85. The molecule has 0 aliphatic carbocycles. The van der Waals surface area contributed by atoms with Crippen LogP contribution in [0, 0.1) is 13.8 Å². The topological polar surface area (TPSA) is 64.5 Å². The van der Waals surface area contributed by atoms with Gasteiger partial charge in [-0.15, -0.1) is 11.3 Å². The van der Waals surface area contributed by atoms with Crippen LogP contribution >= 0.6 is 23.1 Å². The Kier molecular flexibility index (Phi) is 6.97. The molecule has 3 rings (SSSR count). The molecule has 0 atom stereocenters. The van der Waals surface area contributed by atoms with Crippen molar-refractivity contribution in [2.75, 3.05) is 33.6 Å². The number of hydrogen-bond acceptors (Lipinski definition) is 7. The zero-order chi connectivity index (χ0) is 21.0. The number of fused-ring (bicyclic) bond motifs is 1. The minimum Gasteiger partial charge on any atom is -0.493 e. The molecule has 0 saturated carbocycles. The number of rotatable bonds is 8. The molecule has 3 aromatic rings. The Morgan fingerprint density at radius 3 is 2.66 bits per heavy atom. The SMILES string of the molecule is COc1ccc(CCN(C)C(=O)CSc2ncnc3sc(C)c(C)c23)cc1OC. The molecule has 0 aliphatic heterocycles. The van der Waals surface area contributed by atoms with Gasteiger partial charge in [-0.05, 0) is 43.5 Å². The number of carbonyl (C=O) groups excluding carboxylic acids is 1. The lowest BCUT2D eigenvalue weighted by Gasteiger charge is -2.17. The molecule has 6 nitrogen and oxygen atoms in total. The highest BCUT2D eigenvalue weighted by Crippen LogP contribution is 2.34. The van der Waals surface area contributed by atoms with E-state index in [1.54, 1.807) is 36.8 Å². The average Bonchev–Trinajstić information content (AvgIpc) is 3.04. The minimum absolute atomic E-state index is 0.0758. The van der Waals surface area contributed by atoms with E-state index in [1.807, 2.05) is 25.2 Å². The first-order valence-electron chi connectivity index (χ1n) is 9.23. The normalized spacial score (nSPS) is 10.9. The first-order chi connectivity index (χ1) is 13.9. The molecule has 1 aromatic carbocycles. The highest BCUT2D eigenvalue weighted by molar-refractivity contribution is 8.00. The van der Waals surface area contributed by atoms with Gasteiger partial charge in [-0.1, -0.05) is 17.8 Å². The fourth-order valence-electron chi connectivity index (χ4n) is 2.96. The molecule has 8 heteroatoms. The zero-order valence-corrected chi connectivity index (χ0v) is 18.9. The van der Waals surface area contributed by atoms with Crippen LogP contribution < -0.4 is 9.47 Å². The van der Waals surface area contributed by atoms with Crippen molar-refractivity contribution in [1.82, 2.24) is 14.9 Å². The second-order valence-electron chi connectivity index (χ2n) is 6.69. The van der Waals surface area contributed by atoms with Gasteiger partial charge in [0.2, 0.25) is 5.91 Å². The van der Waals surface area contributed by atoms with Crippen LogP contribution in [0.2, 0.25) is 0 Å². The second kappa shape index (κ2) is 9.45. The van der Waals surface area contributed by atoms with Crippen LogP contribution in [0.5, 0.6) is 11.5 Å². The van der Waals surface area contributed by atoms with E-state index in [-0.39, 0.29) is 5.91 Å². The van der Waals surface area contributed by atoms with E-state index >= 15 is 0 Å². The van der Waals surface area contributed by atoms with E-state index in [2.05, 4.69) is 23.8 Å². The number of likely N-dealkylation sites (N-methyl/N-ethyl adjacent to an activating group) is 1. The summed E-state index contributed by atoms with van der Waals surface area (Å²) in [6, 6.07) is 5.83. The van der Waals surface area contributed by atoms with Gasteiger partial charge in [0, 0.05) is 23.9 Å². The summed E-state index contributed by atoms with van der Waals surface area (Å²) >= 11 is 3.14. The van der Waals surface area contributed by atoms with Gasteiger partial charge in [0.25, 0.3) is 0 Å². The number of thioether (sulfide) groups is 1. The third kappa shape index (κ3) is 4.82. The Hall–Kier alpha value is -2.32. The Labute approximate surface area is 179 Å². The number of thiophene rings is 1. The number of benzene rings is 1. The van der Waals surface area contributed by atoms with E-state index < -0.39 is 0 Å². The first kappa shape index (κ1) is 21.4. The number of ether oxygens (including phenoxy) is 2. The minimum atomic E-state index is 0.0758. The standard InChI is InChI=1S/C21H25N3O3S2/c1-13-14(2)29-21-19(13)20(22-12-23-21)28-11-18(25)24(3)9-8-15-6-7-16(26-4)17(10-15)27-5/h6-7,10,12H,8-9,11H2,1-5H3. The maximum Gasteiger partial charge on any atom is 0.232 e. The van der Waals surface area contributed by atoms with Crippen molar-refractivity contribution in [2.24, 2.45) is 0 Å². The fraction of sp³-hybridized carbons (Fsp3) is 0.381. The van der Waals surface area contributed by atoms with Crippen molar-refractivity contribution in [1.29, 1.82) is 0 Å². The van der Waals surface area contributed by atoms with Gasteiger partial charge in [-0.25, -0.2) is 9.97 Å². The van der Waals surface area contributed by atoms with Gasteiger partial charge < -0.3 is 14.4 Å². The number of aromatic nitrogens is 2. The number of hydrogen-bond donors (Lipinski definition) is 0. The molecule has 2 aromatic heterocycles. The third-order valence-electron chi connectivity index (χ3n) is 4.87. The van der Waals surface area contributed by atoms with Gasteiger partial charge in [0.15, 0.2) is 11.5 Å². The summed E-state index contributed by atoms with van der Waals surface area (Å²) in [6.07, 6.45) is 2.32. The molecule has 2 heterocycles. The molecule has 29 heavy (non-hydrogen) atoms. The third-order valence-corrected chi connectivity index (χ3v) is 6.96. The van der Waals surface area contributed by atoms with Gasteiger partial charge >= 0.3 is 0 Å². The molecule has 0 unspecified atom stereocenters. The summed E-state index contributed by atoms with van der Waals surface area (Å²) in [5, 5.41) is 1.94. The summed E-state index contributed by atoms with van der Waals surface area (Å²) in [6.45, 7) is 4.80. The Morgan fingerprint density at radius 2 is 1.93 bits per heavy atom. The van der Waals surface area contributed by atoms with Crippen LogP contribution in [0.15, 0.2) is 29.6 Å². The summed E-state index contributed by atoms with van der Waals surface area (Å²) in [5.74, 6) is 1.82. The molecular formula is C21H25N3O3S2. The molecule has 0 N–H and O–H groups in total. The first-order valence-corrected chi connectivity index (χ1v) is 11.0. The van der Waals surface area contributed by atoms with Crippen LogP contribution in [0.3, 0.4) is 0 Å². The quantitative estimate of drug-likeness (QED) is 0.395. The van der Waals surface area contributed by atoms with Gasteiger partial charge in [0.05, 0.1) is 20.0 Å². The highest BCUT2D eigenvalue weighted by atomic mass is 32.2. The molecule has 0 spiro atoms. The van der Waals surface area contributed by atoms with E-state index in [1.165, 1.54) is 22.2 Å². The molecule has 0 saturated heterocycles. The molecule has 1 amide bonds. The van der Waals surface area contributed by atoms with Gasteiger partial charge in [-0.3, -0.25) is 4.79 Å². The van der Waals surface area contributed by atoms with Crippen LogP contribution in [-0.2, 0) is 11.2 Å². The summed E-state index contributed by atoms with van der Waals surface area (Å²) in [7, 11) is 5.07. The van der Waals surface area contributed by atoms with Crippen molar-refractivity contribution < 1.29 is 14.3 Å². The lowest BCUT2D eigenvalue weighted by molar-refractivity contribution is -0.127. The number of aryl methyl sites for hydroxylation is 2. The number of nitrogens with zero attached hydrogens (tertiary/aromatic N) is 3. The lowest BCUT2D eigenvalue weighted by atomic mass is 10.1. The lowest BCUT2D eigenvalue weighted by Crippen LogP contribution is -2.30. The average molecular weight is 432 g/mol. The molecule has 0 fully saturated rings. The monoisotopic (exact) mass is 431 g/mol. The Bertz CT molecular complexity index is 1020.